The van der Waals surface area contributed by atoms with Crippen LogP contribution >= 0.6 is 11.6 Å². The smallest absolute Gasteiger partial charge is 0.409 e. The molecular weight excluding hydrogens is 360 g/mol. The molecular formula is C16H21ClN6O3. The first kappa shape index (κ1) is 18.2. The van der Waals surface area contributed by atoms with Crippen molar-refractivity contribution in [3.63, 3.8) is 0 Å². The second kappa shape index (κ2) is 8.70. The minimum Gasteiger partial charge on any atom is -0.467 e. The zero-order chi connectivity index (χ0) is 18.4. The first-order chi connectivity index (χ1) is 12.6. The lowest BCUT2D eigenvalue weighted by Crippen LogP contribution is -2.42. The van der Waals surface area contributed by atoms with Crippen molar-refractivity contribution in [2.24, 2.45) is 0 Å². The highest BCUT2D eigenvalue weighted by Crippen LogP contribution is 2.17. The maximum Gasteiger partial charge on any atom is 0.409 e. The zero-order valence-electron chi connectivity index (χ0n) is 14.4. The highest BCUT2D eigenvalue weighted by Gasteiger charge is 2.24. The van der Waals surface area contributed by atoms with E-state index >= 15 is 0 Å². The normalized spacial score (nSPS) is 14.9. The number of hydrogen-bond acceptors (Lipinski definition) is 8. The second-order valence-corrected chi connectivity index (χ2v) is 6.13. The first-order valence-electron chi connectivity index (χ1n) is 8.50. The number of ether oxygens (including phenoxy) is 1. The Bertz CT molecular complexity index is 719. The van der Waals surface area contributed by atoms with Crippen molar-refractivity contribution >= 4 is 29.6 Å². The Balaban J connectivity index is 1.54. The maximum absolute atomic E-state index is 11.7. The van der Waals surface area contributed by atoms with Gasteiger partial charge < -0.3 is 24.7 Å². The van der Waals surface area contributed by atoms with Crippen molar-refractivity contribution in [3.8, 4) is 0 Å². The molecule has 1 amide bonds. The standard InChI is InChI=1S/C16H21ClN6O3/c1-2-25-16(24)23-7-5-11(6-8-23)19-15-21-13(17)20-14(22-15)18-10-12-4-3-9-26-12/h3-4,9,11H,2,5-8,10H2,1H3,(H2,18,19,20,21,22). The Hall–Kier alpha value is -2.55. The Labute approximate surface area is 156 Å². The van der Waals surface area contributed by atoms with Crippen LogP contribution in [0.2, 0.25) is 5.28 Å². The summed E-state index contributed by atoms with van der Waals surface area (Å²) in [5, 5.41) is 6.41. The fraction of sp³-hybridized carbons (Fsp3) is 0.500. The monoisotopic (exact) mass is 380 g/mol. The van der Waals surface area contributed by atoms with Gasteiger partial charge in [-0.2, -0.15) is 15.0 Å². The maximum atomic E-state index is 11.7. The molecule has 1 aliphatic heterocycles. The Morgan fingerprint density at radius 3 is 2.81 bits per heavy atom. The van der Waals surface area contributed by atoms with Crippen molar-refractivity contribution in [2.45, 2.75) is 32.4 Å². The van der Waals surface area contributed by atoms with E-state index in [4.69, 9.17) is 20.8 Å². The zero-order valence-corrected chi connectivity index (χ0v) is 15.2. The van der Waals surface area contributed by atoms with E-state index in [0.717, 1.165) is 18.6 Å². The van der Waals surface area contributed by atoms with Crippen LogP contribution in [0, 0.1) is 0 Å². The summed E-state index contributed by atoms with van der Waals surface area (Å²) < 4.78 is 10.3. The molecule has 9 nitrogen and oxygen atoms in total. The van der Waals surface area contributed by atoms with Crippen LogP contribution in [-0.2, 0) is 11.3 Å². The van der Waals surface area contributed by atoms with E-state index in [-0.39, 0.29) is 17.4 Å². The largest absolute Gasteiger partial charge is 0.467 e. The molecule has 0 aromatic carbocycles. The number of carbonyl (C=O) groups is 1. The third kappa shape index (κ3) is 4.98. The number of carbonyl (C=O) groups excluding carboxylic acids is 1. The van der Waals surface area contributed by atoms with Crippen LogP contribution in [0.5, 0.6) is 0 Å². The number of nitrogens with zero attached hydrogens (tertiary/aromatic N) is 4. The van der Waals surface area contributed by atoms with Crippen LogP contribution in [0.25, 0.3) is 0 Å². The van der Waals surface area contributed by atoms with Crippen molar-refractivity contribution in [3.05, 3.63) is 29.4 Å². The summed E-state index contributed by atoms with van der Waals surface area (Å²) in [6.07, 6.45) is 2.89. The number of hydrogen-bond donors (Lipinski definition) is 2. The summed E-state index contributed by atoms with van der Waals surface area (Å²) in [6, 6.07) is 3.82. The molecule has 140 valence electrons. The molecule has 26 heavy (non-hydrogen) atoms. The number of halogens is 1. The highest BCUT2D eigenvalue weighted by atomic mass is 35.5. The topological polar surface area (TPSA) is 105 Å². The van der Waals surface area contributed by atoms with Gasteiger partial charge in [-0.3, -0.25) is 0 Å². The Morgan fingerprint density at radius 1 is 1.35 bits per heavy atom. The predicted octanol–water partition coefficient (Wildman–Crippen LogP) is 2.76. The van der Waals surface area contributed by atoms with Crippen molar-refractivity contribution < 1.29 is 13.9 Å². The molecule has 2 aromatic rings. The van der Waals surface area contributed by atoms with Crippen LogP contribution in [0.1, 0.15) is 25.5 Å². The fourth-order valence-corrected chi connectivity index (χ4v) is 2.84. The highest BCUT2D eigenvalue weighted by molar-refractivity contribution is 6.28. The Morgan fingerprint density at radius 2 is 2.12 bits per heavy atom. The summed E-state index contributed by atoms with van der Waals surface area (Å²) in [6.45, 7) is 3.88. The van der Waals surface area contributed by atoms with Crippen LogP contribution in [-0.4, -0.2) is 51.7 Å². The lowest BCUT2D eigenvalue weighted by Gasteiger charge is -2.31. The van der Waals surface area contributed by atoms with Gasteiger partial charge in [-0.1, -0.05) is 0 Å². The van der Waals surface area contributed by atoms with Gasteiger partial charge in [0.05, 0.1) is 19.4 Å². The number of furan rings is 1. The van der Waals surface area contributed by atoms with Gasteiger partial charge in [0.2, 0.25) is 17.2 Å². The summed E-state index contributed by atoms with van der Waals surface area (Å²) in [5.41, 5.74) is 0. The third-order valence-corrected chi connectivity index (χ3v) is 4.13. The minimum absolute atomic E-state index is 0.105. The molecule has 1 saturated heterocycles. The number of piperidine rings is 1. The second-order valence-electron chi connectivity index (χ2n) is 5.79. The predicted molar refractivity (Wildman–Crippen MR) is 96.1 cm³/mol. The van der Waals surface area contributed by atoms with E-state index in [2.05, 4.69) is 25.6 Å². The molecule has 0 atom stereocenters. The number of rotatable bonds is 6. The number of likely N-dealkylation sites (tertiary alicyclic amines) is 1. The van der Waals surface area contributed by atoms with Gasteiger partial charge in [0, 0.05) is 19.1 Å². The number of anilines is 2. The van der Waals surface area contributed by atoms with Crippen molar-refractivity contribution in [1.82, 2.24) is 19.9 Å². The van der Waals surface area contributed by atoms with E-state index in [1.54, 1.807) is 18.1 Å². The summed E-state index contributed by atoms with van der Waals surface area (Å²) in [4.78, 5) is 26.0. The molecule has 0 spiro atoms. The van der Waals surface area contributed by atoms with Crippen molar-refractivity contribution in [2.75, 3.05) is 30.3 Å². The summed E-state index contributed by atoms with van der Waals surface area (Å²) >= 11 is 5.99. The molecule has 0 radical (unpaired) electrons. The van der Waals surface area contributed by atoms with E-state index in [0.29, 0.717) is 38.1 Å². The van der Waals surface area contributed by atoms with Gasteiger partial charge in [0.1, 0.15) is 5.76 Å². The molecule has 2 N–H and O–H groups in total. The molecule has 0 bridgehead atoms. The average molecular weight is 381 g/mol. The van der Waals surface area contributed by atoms with Gasteiger partial charge >= 0.3 is 6.09 Å². The Kier molecular flexibility index (Phi) is 6.11. The third-order valence-electron chi connectivity index (χ3n) is 3.96. The van der Waals surface area contributed by atoms with Gasteiger partial charge in [-0.25, -0.2) is 4.79 Å². The van der Waals surface area contributed by atoms with E-state index in [1.807, 2.05) is 12.1 Å². The minimum atomic E-state index is -0.265. The first-order valence-corrected chi connectivity index (χ1v) is 8.88. The van der Waals surface area contributed by atoms with Gasteiger partial charge in [0.15, 0.2) is 0 Å². The van der Waals surface area contributed by atoms with Crippen LogP contribution < -0.4 is 10.6 Å². The number of amides is 1. The number of nitrogens with one attached hydrogen (secondary N) is 2. The van der Waals surface area contributed by atoms with E-state index in [9.17, 15) is 4.79 Å². The van der Waals surface area contributed by atoms with Crippen LogP contribution in [0.3, 0.4) is 0 Å². The van der Waals surface area contributed by atoms with Crippen molar-refractivity contribution in [1.29, 1.82) is 0 Å². The quantitative estimate of drug-likeness (QED) is 0.788. The number of aromatic nitrogens is 3. The summed E-state index contributed by atoms with van der Waals surface area (Å²) in [7, 11) is 0. The van der Waals surface area contributed by atoms with Gasteiger partial charge in [-0.15, -0.1) is 0 Å². The molecule has 3 rings (SSSR count). The molecule has 1 fully saturated rings. The molecule has 0 saturated carbocycles. The molecule has 1 aliphatic rings. The molecule has 10 heteroatoms. The van der Waals surface area contributed by atoms with Gasteiger partial charge in [0.25, 0.3) is 0 Å². The fourth-order valence-electron chi connectivity index (χ4n) is 2.68. The van der Waals surface area contributed by atoms with Crippen LogP contribution in [0.15, 0.2) is 22.8 Å². The molecule has 3 heterocycles. The molecule has 0 unspecified atom stereocenters. The van der Waals surface area contributed by atoms with E-state index < -0.39 is 0 Å². The molecule has 0 aliphatic carbocycles. The summed E-state index contributed by atoms with van der Waals surface area (Å²) in [5.74, 6) is 1.54. The van der Waals surface area contributed by atoms with E-state index in [1.165, 1.54) is 0 Å². The SMILES string of the molecule is CCOC(=O)N1CCC(Nc2nc(Cl)nc(NCc3ccco3)n2)CC1. The lowest BCUT2D eigenvalue weighted by atomic mass is 10.1. The molecule has 2 aromatic heterocycles. The average Bonchev–Trinajstić information content (AvgIpc) is 3.14. The van der Waals surface area contributed by atoms with Crippen LogP contribution in [0.4, 0.5) is 16.7 Å². The lowest BCUT2D eigenvalue weighted by molar-refractivity contribution is 0.0983. The van der Waals surface area contributed by atoms with Gasteiger partial charge in [-0.05, 0) is 43.5 Å².